The Morgan fingerprint density at radius 2 is 2.31 bits per heavy atom. The lowest BCUT2D eigenvalue weighted by Gasteiger charge is -2.02. The fourth-order valence-electron chi connectivity index (χ4n) is 1.26. The van der Waals surface area contributed by atoms with Crippen LogP contribution >= 0.6 is 34.4 Å². The Morgan fingerprint density at radius 1 is 1.44 bits per heavy atom. The van der Waals surface area contributed by atoms with Crippen LogP contribution in [0.3, 0.4) is 0 Å². The lowest BCUT2D eigenvalue weighted by Crippen LogP contribution is -1.99. The molecule has 82 valence electrons. The molecule has 0 radical (unpaired) electrons. The average molecular weight is 346 g/mol. The van der Waals surface area contributed by atoms with Gasteiger partial charge in [0.15, 0.2) is 0 Å². The van der Waals surface area contributed by atoms with Gasteiger partial charge in [-0.15, -0.1) is 5.10 Å². The monoisotopic (exact) mass is 346 g/mol. The third kappa shape index (κ3) is 2.03. The van der Waals surface area contributed by atoms with Gasteiger partial charge < -0.3 is 0 Å². The van der Waals surface area contributed by atoms with Crippen molar-refractivity contribution >= 4 is 34.4 Å². The van der Waals surface area contributed by atoms with E-state index in [0.29, 0.717) is 6.04 Å². The summed E-state index contributed by atoms with van der Waals surface area (Å²) in [4.78, 5) is 8.16. The minimum Gasteiger partial charge on any atom is -0.244 e. The second-order valence-corrected chi connectivity index (χ2v) is 5.53. The van der Waals surface area contributed by atoms with E-state index in [1.54, 1.807) is 6.20 Å². The first-order valence-electron chi connectivity index (χ1n) is 4.76. The third-order valence-electron chi connectivity index (χ3n) is 2.18. The van der Waals surface area contributed by atoms with Gasteiger partial charge in [-0.3, -0.25) is 0 Å². The van der Waals surface area contributed by atoms with Gasteiger partial charge in [0.05, 0.1) is 9.61 Å². The Hall–Kier alpha value is -0.770. The molecule has 2 heterocycles. The van der Waals surface area contributed by atoms with E-state index in [1.165, 1.54) is 30.9 Å². The van der Waals surface area contributed by atoms with E-state index in [-0.39, 0.29) is 0 Å². The molecule has 0 unspecified atom stereocenters. The van der Waals surface area contributed by atoms with Crippen LogP contribution < -0.4 is 0 Å². The molecular formula is C8H7IN6S. The van der Waals surface area contributed by atoms with Gasteiger partial charge >= 0.3 is 0 Å². The van der Waals surface area contributed by atoms with Gasteiger partial charge in [0.2, 0.25) is 5.16 Å². The number of nitrogens with zero attached hydrogens (tertiary/aromatic N) is 6. The zero-order chi connectivity index (χ0) is 11.0. The first-order chi connectivity index (χ1) is 7.84. The van der Waals surface area contributed by atoms with Crippen LogP contribution in [-0.4, -0.2) is 30.2 Å². The Kier molecular flexibility index (Phi) is 2.75. The molecular weight excluding hydrogens is 339 g/mol. The predicted molar refractivity (Wildman–Crippen MR) is 65.0 cm³/mol. The SMILES string of the molecule is Ic1cncnc1Sc1nnnn1C1CC1. The van der Waals surface area contributed by atoms with Gasteiger partial charge in [-0.25, -0.2) is 14.6 Å². The van der Waals surface area contributed by atoms with Gasteiger partial charge in [0.1, 0.15) is 11.4 Å². The molecule has 0 spiro atoms. The second kappa shape index (κ2) is 4.24. The summed E-state index contributed by atoms with van der Waals surface area (Å²) in [5.74, 6) is 0. The summed E-state index contributed by atoms with van der Waals surface area (Å²) in [6, 6.07) is 0.483. The Morgan fingerprint density at radius 3 is 3.06 bits per heavy atom. The first kappa shape index (κ1) is 10.4. The maximum atomic E-state index is 4.21. The normalized spacial score (nSPS) is 15.3. The zero-order valence-electron chi connectivity index (χ0n) is 8.12. The van der Waals surface area contributed by atoms with Crippen molar-refractivity contribution in [3.8, 4) is 0 Å². The van der Waals surface area contributed by atoms with Gasteiger partial charge in [0.25, 0.3) is 0 Å². The van der Waals surface area contributed by atoms with Crippen molar-refractivity contribution in [1.82, 2.24) is 30.2 Å². The van der Waals surface area contributed by atoms with Crippen molar-refractivity contribution in [2.75, 3.05) is 0 Å². The molecule has 1 aliphatic carbocycles. The van der Waals surface area contributed by atoms with Crippen molar-refractivity contribution < 1.29 is 0 Å². The van der Waals surface area contributed by atoms with Crippen LogP contribution in [0, 0.1) is 3.57 Å². The fraction of sp³-hybridized carbons (Fsp3) is 0.375. The summed E-state index contributed by atoms with van der Waals surface area (Å²) in [6.07, 6.45) is 5.65. The summed E-state index contributed by atoms with van der Waals surface area (Å²) in [6.45, 7) is 0. The van der Waals surface area contributed by atoms with Crippen LogP contribution in [0.4, 0.5) is 0 Å². The number of hydrogen-bond donors (Lipinski definition) is 0. The average Bonchev–Trinajstić information content (AvgIpc) is 3.03. The summed E-state index contributed by atoms with van der Waals surface area (Å²) in [5, 5.41) is 13.4. The molecule has 0 aromatic carbocycles. The molecule has 2 aromatic rings. The summed E-state index contributed by atoms with van der Waals surface area (Å²) < 4.78 is 2.89. The highest BCUT2D eigenvalue weighted by atomic mass is 127. The second-order valence-electron chi connectivity index (χ2n) is 3.42. The Balaban J connectivity index is 1.88. The minimum absolute atomic E-state index is 0.483. The van der Waals surface area contributed by atoms with Crippen molar-refractivity contribution in [3.05, 3.63) is 16.1 Å². The molecule has 6 nitrogen and oxygen atoms in total. The molecule has 16 heavy (non-hydrogen) atoms. The van der Waals surface area contributed by atoms with E-state index >= 15 is 0 Å². The largest absolute Gasteiger partial charge is 0.244 e. The van der Waals surface area contributed by atoms with Gasteiger partial charge in [-0.05, 0) is 57.6 Å². The van der Waals surface area contributed by atoms with E-state index in [9.17, 15) is 0 Å². The molecule has 1 fully saturated rings. The van der Waals surface area contributed by atoms with Gasteiger partial charge in [-0.1, -0.05) is 0 Å². The van der Waals surface area contributed by atoms with E-state index < -0.39 is 0 Å². The molecule has 0 bridgehead atoms. The topological polar surface area (TPSA) is 69.4 Å². The molecule has 0 atom stereocenters. The van der Waals surface area contributed by atoms with Crippen LogP contribution in [-0.2, 0) is 0 Å². The van der Waals surface area contributed by atoms with Crippen molar-refractivity contribution in [3.63, 3.8) is 0 Å². The maximum Gasteiger partial charge on any atom is 0.215 e. The van der Waals surface area contributed by atoms with Crippen molar-refractivity contribution in [1.29, 1.82) is 0 Å². The molecule has 0 N–H and O–H groups in total. The Labute approximate surface area is 109 Å². The maximum absolute atomic E-state index is 4.21. The summed E-state index contributed by atoms with van der Waals surface area (Å²) in [7, 11) is 0. The standard InChI is InChI=1S/C8H7IN6S/c9-6-3-10-4-11-7(6)16-8-12-13-14-15(8)5-1-2-5/h3-5H,1-2H2. The summed E-state index contributed by atoms with van der Waals surface area (Å²) >= 11 is 3.69. The molecule has 1 aliphatic rings. The zero-order valence-corrected chi connectivity index (χ0v) is 11.1. The van der Waals surface area contributed by atoms with E-state index in [4.69, 9.17) is 0 Å². The van der Waals surface area contributed by atoms with Crippen LogP contribution in [0.25, 0.3) is 0 Å². The van der Waals surface area contributed by atoms with Crippen molar-refractivity contribution in [2.24, 2.45) is 0 Å². The van der Waals surface area contributed by atoms with Gasteiger partial charge in [-0.2, -0.15) is 0 Å². The van der Waals surface area contributed by atoms with Gasteiger partial charge in [0, 0.05) is 6.20 Å². The molecule has 1 saturated carbocycles. The number of tetrazole rings is 1. The highest BCUT2D eigenvalue weighted by molar-refractivity contribution is 14.1. The number of aromatic nitrogens is 6. The molecule has 0 saturated heterocycles. The molecule has 3 rings (SSSR count). The quantitative estimate of drug-likeness (QED) is 0.621. The number of halogens is 1. The summed E-state index contributed by atoms with van der Waals surface area (Å²) in [5.41, 5.74) is 0. The minimum atomic E-state index is 0.483. The smallest absolute Gasteiger partial charge is 0.215 e. The van der Waals surface area contributed by atoms with Crippen LogP contribution in [0.2, 0.25) is 0 Å². The van der Waals surface area contributed by atoms with Crippen LogP contribution in [0.15, 0.2) is 22.7 Å². The number of hydrogen-bond acceptors (Lipinski definition) is 6. The van der Waals surface area contributed by atoms with E-state index in [0.717, 1.165) is 13.8 Å². The van der Waals surface area contributed by atoms with Crippen molar-refractivity contribution in [2.45, 2.75) is 29.1 Å². The molecule has 0 aliphatic heterocycles. The van der Waals surface area contributed by atoms with Crippen LogP contribution in [0.5, 0.6) is 0 Å². The lowest BCUT2D eigenvalue weighted by atomic mass is 10.7. The third-order valence-corrected chi connectivity index (χ3v) is 4.30. The predicted octanol–water partition coefficient (Wildman–Crippen LogP) is 1.55. The number of rotatable bonds is 3. The van der Waals surface area contributed by atoms with E-state index in [2.05, 4.69) is 48.1 Å². The lowest BCUT2D eigenvalue weighted by molar-refractivity contribution is 0.565. The Bertz CT molecular complexity index is 511. The highest BCUT2D eigenvalue weighted by Crippen LogP contribution is 2.38. The molecule has 8 heteroatoms. The highest BCUT2D eigenvalue weighted by Gasteiger charge is 2.28. The molecule has 0 amide bonds. The van der Waals surface area contributed by atoms with Crippen LogP contribution in [0.1, 0.15) is 18.9 Å². The fourth-order valence-corrected chi connectivity index (χ4v) is 2.67. The molecule has 2 aromatic heterocycles. The van der Waals surface area contributed by atoms with E-state index in [1.807, 2.05) is 4.68 Å². The first-order valence-corrected chi connectivity index (χ1v) is 6.65.